The Morgan fingerprint density at radius 1 is 1.11 bits per heavy atom. The van der Waals surface area contributed by atoms with Crippen LogP contribution in [0.2, 0.25) is 0 Å². The molecule has 2 nitrogen and oxygen atoms in total. The molecule has 2 aromatic carbocycles. The Labute approximate surface area is 119 Å². The summed E-state index contributed by atoms with van der Waals surface area (Å²) in [6, 6.07) is 13.9. The van der Waals surface area contributed by atoms with Crippen molar-refractivity contribution in [2.24, 2.45) is 5.73 Å². The van der Waals surface area contributed by atoms with Crippen LogP contribution in [0.5, 0.6) is 5.75 Å². The van der Waals surface area contributed by atoms with Gasteiger partial charge in [0.2, 0.25) is 0 Å². The molecule has 0 saturated carbocycles. The van der Waals surface area contributed by atoms with E-state index in [1.165, 1.54) is 11.1 Å². The monoisotopic (exact) mass is 271 g/mol. The van der Waals surface area contributed by atoms with Crippen LogP contribution < -0.4 is 10.5 Å². The Morgan fingerprint density at radius 2 is 1.89 bits per heavy atom. The van der Waals surface area contributed by atoms with Crippen LogP contribution in [0.4, 0.5) is 0 Å². The number of ether oxygens (including phenoxy) is 1. The van der Waals surface area contributed by atoms with Gasteiger partial charge >= 0.3 is 0 Å². The summed E-state index contributed by atoms with van der Waals surface area (Å²) in [4.78, 5) is 0.410. The molecule has 0 aliphatic carbocycles. The highest BCUT2D eigenvalue weighted by molar-refractivity contribution is 7.80. The highest BCUT2D eigenvalue weighted by Crippen LogP contribution is 2.18. The van der Waals surface area contributed by atoms with Gasteiger partial charge < -0.3 is 10.5 Å². The summed E-state index contributed by atoms with van der Waals surface area (Å²) in [5.41, 5.74) is 10.0. The fourth-order valence-corrected chi connectivity index (χ4v) is 1.91. The number of benzene rings is 2. The van der Waals surface area contributed by atoms with Crippen LogP contribution in [-0.4, -0.2) is 4.99 Å². The van der Waals surface area contributed by atoms with E-state index in [0.29, 0.717) is 11.6 Å². The second kappa shape index (κ2) is 5.85. The summed E-state index contributed by atoms with van der Waals surface area (Å²) >= 11 is 4.97. The van der Waals surface area contributed by atoms with Gasteiger partial charge in [0, 0.05) is 5.56 Å². The Hall–Kier alpha value is -1.87. The highest BCUT2D eigenvalue weighted by Gasteiger charge is 2.01. The van der Waals surface area contributed by atoms with Crippen molar-refractivity contribution in [2.75, 3.05) is 0 Å². The van der Waals surface area contributed by atoms with E-state index in [1.54, 1.807) is 0 Å². The first kappa shape index (κ1) is 13.6. The van der Waals surface area contributed by atoms with Crippen LogP contribution in [-0.2, 0) is 6.61 Å². The van der Waals surface area contributed by atoms with Crippen LogP contribution >= 0.6 is 12.2 Å². The standard InChI is InChI=1S/C16H17NOS/c1-11-6-7-15(8-12(11)2)18-10-13-4-3-5-14(9-13)16(17)19/h3-9H,10H2,1-2H3,(H2,17,19). The lowest BCUT2D eigenvalue weighted by Gasteiger charge is -2.09. The molecule has 0 unspecified atom stereocenters. The van der Waals surface area contributed by atoms with Crippen molar-refractivity contribution < 1.29 is 4.74 Å². The topological polar surface area (TPSA) is 35.2 Å². The molecule has 0 aliphatic heterocycles. The molecule has 2 N–H and O–H groups in total. The maximum Gasteiger partial charge on any atom is 0.120 e. The minimum absolute atomic E-state index is 0.410. The summed E-state index contributed by atoms with van der Waals surface area (Å²) in [5.74, 6) is 0.879. The lowest BCUT2D eigenvalue weighted by Crippen LogP contribution is -2.09. The Kier molecular flexibility index (Phi) is 4.17. The van der Waals surface area contributed by atoms with E-state index in [1.807, 2.05) is 36.4 Å². The lowest BCUT2D eigenvalue weighted by atomic mass is 10.1. The van der Waals surface area contributed by atoms with E-state index in [9.17, 15) is 0 Å². The molecule has 0 fully saturated rings. The molecule has 0 saturated heterocycles. The van der Waals surface area contributed by atoms with E-state index < -0.39 is 0 Å². The Balaban J connectivity index is 2.07. The molecule has 0 heterocycles. The van der Waals surface area contributed by atoms with Crippen molar-refractivity contribution in [1.29, 1.82) is 0 Å². The zero-order chi connectivity index (χ0) is 13.8. The first-order valence-corrected chi connectivity index (χ1v) is 6.56. The summed E-state index contributed by atoms with van der Waals surface area (Å²) < 4.78 is 5.78. The summed E-state index contributed by atoms with van der Waals surface area (Å²) in [6.07, 6.45) is 0. The normalized spacial score (nSPS) is 10.2. The summed E-state index contributed by atoms with van der Waals surface area (Å²) in [7, 11) is 0. The van der Waals surface area contributed by atoms with Gasteiger partial charge in [0.05, 0.1) is 0 Å². The van der Waals surface area contributed by atoms with Gasteiger partial charge in [0.1, 0.15) is 17.3 Å². The van der Waals surface area contributed by atoms with E-state index in [0.717, 1.165) is 16.9 Å². The first-order chi connectivity index (χ1) is 9.06. The maximum absolute atomic E-state index is 5.78. The van der Waals surface area contributed by atoms with Crippen molar-refractivity contribution in [1.82, 2.24) is 0 Å². The molecule has 0 aliphatic rings. The predicted octanol–water partition coefficient (Wildman–Crippen LogP) is 3.52. The second-order valence-corrected chi connectivity index (χ2v) is 5.04. The minimum atomic E-state index is 0.410. The Bertz CT molecular complexity index is 607. The number of hydrogen-bond donors (Lipinski definition) is 1. The van der Waals surface area contributed by atoms with Gasteiger partial charge in [-0.2, -0.15) is 0 Å². The minimum Gasteiger partial charge on any atom is -0.489 e. The van der Waals surface area contributed by atoms with Crippen molar-refractivity contribution in [3.05, 3.63) is 64.7 Å². The molecule has 2 rings (SSSR count). The van der Waals surface area contributed by atoms with E-state index >= 15 is 0 Å². The van der Waals surface area contributed by atoms with Gasteiger partial charge in [-0.1, -0.05) is 36.5 Å². The third kappa shape index (κ3) is 3.55. The molecule has 0 radical (unpaired) electrons. The average Bonchev–Trinajstić information content (AvgIpc) is 2.40. The van der Waals surface area contributed by atoms with Crippen LogP contribution in [0.25, 0.3) is 0 Å². The third-order valence-electron chi connectivity index (χ3n) is 3.10. The largest absolute Gasteiger partial charge is 0.489 e. The number of hydrogen-bond acceptors (Lipinski definition) is 2. The van der Waals surface area contributed by atoms with Gasteiger partial charge in [-0.25, -0.2) is 0 Å². The molecule has 3 heteroatoms. The van der Waals surface area contributed by atoms with Crippen molar-refractivity contribution >= 4 is 17.2 Å². The van der Waals surface area contributed by atoms with Gasteiger partial charge in [-0.15, -0.1) is 0 Å². The quantitative estimate of drug-likeness (QED) is 0.864. The van der Waals surface area contributed by atoms with Crippen LogP contribution in [0.15, 0.2) is 42.5 Å². The summed E-state index contributed by atoms with van der Waals surface area (Å²) in [5, 5.41) is 0. The Morgan fingerprint density at radius 3 is 2.58 bits per heavy atom. The summed E-state index contributed by atoms with van der Waals surface area (Å²) in [6.45, 7) is 4.68. The van der Waals surface area contributed by atoms with Crippen molar-refractivity contribution in [2.45, 2.75) is 20.5 Å². The second-order valence-electron chi connectivity index (χ2n) is 4.60. The molecule has 2 aromatic rings. The highest BCUT2D eigenvalue weighted by atomic mass is 32.1. The smallest absolute Gasteiger partial charge is 0.120 e. The van der Waals surface area contributed by atoms with Crippen LogP contribution in [0.3, 0.4) is 0 Å². The number of aryl methyl sites for hydroxylation is 2. The zero-order valence-electron chi connectivity index (χ0n) is 11.1. The molecule has 98 valence electrons. The van der Waals surface area contributed by atoms with E-state index in [-0.39, 0.29) is 0 Å². The molecule has 0 spiro atoms. The first-order valence-electron chi connectivity index (χ1n) is 6.15. The molecule has 0 bridgehead atoms. The van der Waals surface area contributed by atoms with E-state index in [2.05, 4.69) is 19.9 Å². The van der Waals surface area contributed by atoms with Crippen molar-refractivity contribution in [3.8, 4) is 5.75 Å². The molecular formula is C16H17NOS. The zero-order valence-corrected chi connectivity index (χ0v) is 12.0. The maximum atomic E-state index is 5.78. The van der Waals surface area contributed by atoms with E-state index in [4.69, 9.17) is 22.7 Å². The molecule has 0 amide bonds. The fraction of sp³-hybridized carbons (Fsp3) is 0.188. The lowest BCUT2D eigenvalue weighted by molar-refractivity contribution is 0.306. The fourth-order valence-electron chi connectivity index (χ4n) is 1.78. The van der Waals surface area contributed by atoms with Crippen molar-refractivity contribution in [3.63, 3.8) is 0 Å². The molecule has 19 heavy (non-hydrogen) atoms. The van der Waals surface area contributed by atoms with Crippen LogP contribution in [0.1, 0.15) is 22.3 Å². The molecular weight excluding hydrogens is 254 g/mol. The number of nitrogens with two attached hydrogens (primary N) is 1. The third-order valence-corrected chi connectivity index (χ3v) is 3.33. The molecule has 0 aromatic heterocycles. The average molecular weight is 271 g/mol. The number of thiocarbonyl (C=S) groups is 1. The van der Waals surface area contributed by atoms with Gasteiger partial charge in [0.25, 0.3) is 0 Å². The predicted molar refractivity (Wildman–Crippen MR) is 82.6 cm³/mol. The van der Waals surface area contributed by atoms with Gasteiger partial charge in [0.15, 0.2) is 0 Å². The van der Waals surface area contributed by atoms with Crippen LogP contribution in [0, 0.1) is 13.8 Å². The molecule has 0 atom stereocenters. The van der Waals surface area contributed by atoms with Gasteiger partial charge in [-0.3, -0.25) is 0 Å². The van der Waals surface area contributed by atoms with Gasteiger partial charge in [-0.05, 0) is 48.7 Å². The number of rotatable bonds is 4. The SMILES string of the molecule is Cc1ccc(OCc2cccc(C(N)=S)c2)cc1C.